The molecule has 3 aromatic rings. The monoisotopic (exact) mass is 330 g/mol. The molecular formula is C15H18N6OS. The van der Waals surface area contributed by atoms with Crippen LogP contribution in [0, 0.1) is 0 Å². The molecule has 0 bridgehead atoms. The van der Waals surface area contributed by atoms with E-state index in [2.05, 4.69) is 20.3 Å². The van der Waals surface area contributed by atoms with Crippen LogP contribution in [-0.2, 0) is 13.5 Å². The van der Waals surface area contributed by atoms with Gasteiger partial charge in [-0.1, -0.05) is 6.92 Å². The molecule has 120 valence electrons. The average Bonchev–Trinajstić information content (AvgIpc) is 3.11. The smallest absolute Gasteiger partial charge is 0.274 e. The lowest BCUT2D eigenvalue weighted by molar-refractivity contribution is 0.101. The summed E-state index contributed by atoms with van der Waals surface area (Å²) < 4.78 is 1.77. The second kappa shape index (κ2) is 5.96. The van der Waals surface area contributed by atoms with Crippen LogP contribution in [0.5, 0.6) is 0 Å². The van der Waals surface area contributed by atoms with Crippen LogP contribution >= 0.6 is 11.3 Å². The molecule has 0 saturated carbocycles. The first kappa shape index (κ1) is 15.4. The summed E-state index contributed by atoms with van der Waals surface area (Å²) in [5.74, 6) is 0.583. The molecule has 1 N–H and O–H groups in total. The maximum absolute atomic E-state index is 12.6. The summed E-state index contributed by atoms with van der Waals surface area (Å²) in [5.41, 5.74) is 2.22. The van der Waals surface area contributed by atoms with Gasteiger partial charge in [0.25, 0.3) is 5.91 Å². The minimum Gasteiger partial charge on any atom is -0.362 e. The number of amides is 1. The molecule has 3 rings (SSSR count). The fourth-order valence-electron chi connectivity index (χ4n) is 2.38. The first-order chi connectivity index (χ1) is 11.0. The molecule has 0 saturated heterocycles. The summed E-state index contributed by atoms with van der Waals surface area (Å²) in [6.07, 6.45) is 2.36. The molecule has 0 fully saturated rings. The zero-order valence-corrected chi connectivity index (χ0v) is 14.3. The molecular weight excluding hydrogens is 312 g/mol. The highest BCUT2D eigenvalue weighted by Crippen LogP contribution is 2.25. The van der Waals surface area contributed by atoms with Crippen molar-refractivity contribution in [3.05, 3.63) is 29.2 Å². The van der Waals surface area contributed by atoms with E-state index in [0.717, 1.165) is 29.0 Å². The van der Waals surface area contributed by atoms with Crippen molar-refractivity contribution in [2.45, 2.75) is 13.3 Å². The third kappa shape index (κ3) is 2.77. The van der Waals surface area contributed by atoms with Crippen LogP contribution in [0.4, 0.5) is 10.9 Å². The van der Waals surface area contributed by atoms with Crippen LogP contribution in [0.3, 0.4) is 0 Å². The summed E-state index contributed by atoms with van der Waals surface area (Å²) in [7, 11) is 5.65. The van der Waals surface area contributed by atoms with E-state index in [-0.39, 0.29) is 5.91 Å². The zero-order chi connectivity index (χ0) is 16.6. The summed E-state index contributed by atoms with van der Waals surface area (Å²) >= 11 is 1.43. The van der Waals surface area contributed by atoms with Gasteiger partial charge in [-0.15, -0.1) is 11.3 Å². The van der Waals surface area contributed by atoms with Crippen molar-refractivity contribution in [2.24, 2.45) is 7.05 Å². The average molecular weight is 330 g/mol. The Morgan fingerprint density at radius 1 is 1.39 bits per heavy atom. The number of hydrogen-bond donors (Lipinski definition) is 1. The van der Waals surface area contributed by atoms with E-state index in [1.807, 2.05) is 44.4 Å². The highest BCUT2D eigenvalue weighted by molar-refractivity contribution is 7.13. The first-order valence-corrected chi connectivity index (χ1v) is 8.12. The van der Waals surface area contributed by atoms with E-state index in [0.29, 0.717) is 10.8 Å². The predicted molar refractivity (Wildman–Crippen MR) is 92.3 cm³/mol. The van der Waals surface area contributed by atoms with Gasteiger partial charge in [0.1, 0.15) is 23.5 Å². The fraction of sp³-hybridized carbons (Fsp3) is 0.333. The van der Waals surface area contributed by atoms with Gasteiger partial charge < -0.3 is 9.47 Å². The molecule has 0 atom stereocenters. The number of rotatable bonds is 4. The van der Waals surface area contributed by atoms with Crippen LogP contribution in [0.2, 0.25) is 0 Å². The van der Waals surface area contributed by atoms with Crippen LogP contribution in [0.15, 0.2) is 17.8 Å². The van der Waals surface area contributed by atoms with Crippen molar-refractivity contribution in [2.75, 3.05) is 24.3 Å². The number of fused-ring (bicyclic) bond motifs is 1. The van der Waals surface area contributed by atoms with Gasteiger partial charge in [0.2, 0.25) is 0 Å². The van der Waals surface area contributed by atoms with Gasteiger partial charge in [0.05, 0.1) is 11.1 Å². The van der Waals surface area contributed by atoms with Crippen molar-refractivity contribution in [1.29, 1.82) is 0 Å². The Hall–Kier alpha value is -2.48. The molecule has 0 aliphatic heterocycles. The second-order valence-electron chi connectivity index (χ2n) is 5.37. The number of anilines is 2. The third-order valence-electron chi connectivity index (χ3n) is 3.59. The van der Waals surface area contributed by atoms with E-state index < -0.39 is 0 Å². The molecule has 3 heterocycles. The van der Waals surface area contributed by atoms with E-state index in [9.17, 15) is 4.79 Å². The number of carbonyl (C=O) groups excluding carboxylic acids is 1. The maximum Gasteiger partial charge on any atom is 0.274 e. The van der Waals surface area contributed by atoms with Gasteiger partial charge in [-0.05, 0) is 12.5 Å². The number of carbonyl (C=O) groups is 1. The first-order valence-electron chi connectivity index (χ1n) is 7.24. The number of nitrogens with one attached hydrogen (secondary N) is 1. The highest BCUT2D eigenvalue weighted by atomic mass is 32.1. The van der Waals surface area contributed by atoms with Gasteiger partial charge >= 0.3 is 0 Å². The lowest BCUT2D eigenvalue weighted by atomic mass is 10.3. The van der Waals surface area contributed by atoms with Crippen molar-refractivity contribution >= 4 is 39.2 Å². The molecule has 0 spiro atoms. The van der Waals surface area contributed by atoms with Crippen molar-refractivity contribution in [3.8, 4) is 0 Å². The molecule has 1 amide bonds. The van der Waals surface area contributed by atoms with Gasteiger partial charge in [-0.2, -0.15) is 0 Å². The molecule has 8 heteroatoms. The van der Waals surface area contributed by atoms with Crippen molar-refractivity contribution < 1.29 is 4.79 Å². The molecule has 7 nitrogen and oxygen atoms in total. The fourth-order valence-corrected chi connectivity index (χ4v) is 3.17. The Balaban J connectivity index is 1.97. The van der Waals surface area contributed by atoms with Crippen molar-refractivity contribution in [1.82, 2.24) is 19.5 Å². The van der Waals surface area contributed by atoms with Gasteiger partial charge in [0.15, 0.2) is 5.13 Å². The zero-order valence-electron chi connectivity index (χ0n) is 13.5. The predicted octanol–water partition coefficient (Wildman–Crippen LogP) is 2.31. The van der Waals surface area contributed by atoms with E-state index in [4.69, 9.17) is 0 Å². The molecule has 0 aromatic carbocycles. The Kier molecular flexibility index (Phi) is 3.99. The third-order valence-corrected chi connectivity index (χ3v) is 4.40. The lowest BCUT2D eigenvalue weighted by Crippen LogP contribution is -2.15. The lowest BCUT2D eigenvalue weighted by Gasteiger charge is -2.11. The maximum atomic E-state index is 12.6. The summed E-state index contributed by atoms with van der Waals surface area (Å²) in [4.78, 5) is 27.4. The number of nitrogens with zero attached hydrogens (tertiary/aromatic N) is 5. The number of thiazole rings is 1. The Labute approximate surface area is 138 Å². The Morgan fingerprint density at radius 2 is 2.17 bits per heavy atom. The van der Waals surface area contributed by atoms with E-state index >= 15 is 0 Å². The van der Waals surface area contributed by atoms with Crippen LogP contribution in [-0.4, -0.2) is 39.5 Å². The largest absolute Gasteiger partial charge is 0.362 e. The van der Waals surface area contributed by atoms with Crippen molar-refractivity contribution in [3.63, 3.8) is 0 Å². The normalized spacial score (nSPS) is 11.0. The number of aryl methyl sites for hydroxylation is 2. The van der Waals surface area contributed by atoms with Gasteiger partial charge in [0, 0.05) is 26.5 Å². The second-order valence-corrected chi connectivity index (χ2v) is 6.23. The van der Waals surface area contributed by atoms with Crippen LogP contribution in [0.1, 0.15) is 23.1 Å². The van der Waals surface area contributed by atoms with E-state index in [1.165, 1.54) is 17.7 Å². The molecule has 0 unspecified atom stereocenters. The van der Waals surface area contributed by atoms with Crippen LogP contribution in [0.25, 0.3) is 11.0 Å². The number of hydrogen-bond acceptors (Lipinski definition) is 6. The molecule has 0 radical (unpaired) electrons. The minimum atomic E-state index is -0.202. The molecule has 3 aromatic heterocycles. The SMILES string of the molecule is CCc1csc(NC(=O)c2cc3c(N(C)C)ncnc3n2C)n1. The molecule has 23 heavy (non-hydrogen) atoms. The summed E-state index contributed by atoms with van der Waals surface area (Å²) in [6, 6.07) is 1.81. The molecule has 0 aliphatic carbocycles. The highest BCUT2D eigenvalue weighted by Gasteiger charge is 2.18. The van der Waals surface area contributed by atoms with Crippen LogP contribution < -0.4 is 10.2 Å². The van der Waals surface area contributed by atoms with Gasteiger partial charge in [-0.25, -0.2) is 15.0 Å². The summed E-state index contributed by atoms with van der Waals surface area (Å²) in [5, 5.41) is 6.25. The standard InChI is InChI=1S/C15H18N6OS/c1-5-9-7-23-15(18-9)19-14(22)11-6-10-12(20(2)3)16-8-17-13(10)21(11)4/h6-8H,5H2,1-4H3,(H,18,19,22). The summed E-state index contributed by atoms with van der Waals surface area (Å²) in [6.45, 7) is 2.03. The topological polar surface area (TPSA) is 75.9 Å². The number of aromatic nitrogens is 4. The Morgan fingerprint density at radius 3 is 2.83 bits per heavy atom. The Bertz CT molecular complexity index is 866. The van der Waals surface area contributed by atoms with E-state index in [1.54, 1.807) is 4.57 Å². The van der Waals surface area contributed by atoms with Gasteiger partial charge in [-0.3, -0.25) is 10.1 Å². The quantitative estimate of drug-likeness (QED) is 0.794. The minimum absolute atomic E-state index is 0.202. The molecule has 0 aliphatic rings.